The van der Waals surface area contributed by atoms with Gasteiger partial charge in [0.15, 0.2) is 0 Å². The highest BCUT2D eigenvalue weighted by Gasteiger charge is 2.09. The Balaban J connectivity index is 2.13. The summed E-state index contributed by atoms with van der Waals surface area (Å²) in [6.45, 7) is 3.43. The molecule has 0 radical (unpaired) electrons. The van der Waals surface area contributed by atoms with Crippen molar-refractivity contribution in [2.24, 2.45) is 0 Å². The van der Waals surface area contributed by atoms with E-state index >= 15 is 0 Å². The number of ether oxygens (including phenoxy) is 1. The molecular weight excluding hydrogens is 290 g/mol. The Kier molecular flexibility index (Phi) is 5.36. The molecule has 0 amide bonds. The predicted octanol–water partition coefficient (Wildman–Crippen LogP) is 2.46. The van der Waals surface area contributed by atoms with E-state index in [1.807, 2.05) is 31.2 Å². The molecule has 0 saturated carbocycles. The number of aromatic nitrogens is 2. The lowest BCUT2D eigenvalue weighted by Crippen LogP contribution is -2.26. The Hall–Kier alpha value is -1.85. The number of hydrogen-bond acceptors (Lipinski definition) is 4. The molecule has 112 valence electrons. The zero-order chi connectivity index (χ0) is 15.2. The van der Waals surface area contributed by atoms with Gasteiger partial charge >= 0.3 is 0 Å². The Morgan fingerprint density at radius 3 is 2.86 bits per heavy atom. The van der Waals surface area contributed by atoms with Crippen LogP contribution in [0.3, 0.4) is 0 Å². The van der Waals surface area contributed by atoms with Gasteiger partial charge in [0, 0.05) is 13.7 Å². The van der Waals surface area contributed by atoms with E-state index in [1.165, 1.54) is 10.2 Å². The van der Waals surface area contributed by atoms with Crippen molar-refractivity contribution in [3.8, 4) is 0 Å². The minimum absolute atomic E-state index is 0.148. The molecule has 1 N–H and O–H groups in total. The largest absolute Gasteiger partial charge is 0.383 e. The van der Waals surface area contributed by atoms with Gasteiger partial charge in [-0.3, -0.25) is 4.79 Å². The SMILES string of the molecule is COCCn1ncc(NCc2ccccc2C)c(Cl)c1=O. The second kappa shape index (κ2) is 7.24. The maximum absolute atomic E-state index is 12.0. The molecule has 1 heterocycles. The van der Waals surface area contributed by atoms with Crippen LogP contribution in [0.1, 0.15) is 11.1 Å². The highest BCUT2D eigenvalue weighted by atomic mass is 35.5. The Labute approximate surface area is 128 Å². The van der Waals surface area contributed by atoms with Crippen LogP contribution in [0.5, 0.6) is 0 Å². The lowest BCUT2D eigenvalue weighted by atomic mass is 10.1. The molecule has 0 aliphatic heterocycles. The lowest BCUT2D eigenvalue weighted by molar-refractivity contribution is 0.182. The van der Waals surface area contributed by atoms with Gasteiger partial charge in [-0.15, -0.1) is 0 Å². The molecule has 1 aromatic heterocycles. The first-order valence-electron chi connectivity index (χ1n) is 6.66. The van der Waals surface area contributed by atoms with Crippen molar-refractivity contribution < 1.29 is 4.74 Å². The monoisotopic (exact) mass is 307 g/mol. The van der Waals surface area contributed by atoms with Gasteiger partial charge in [0.2, 0.25) is 0 Å². The van der Waals surface area contributed by atoms with E-state index < -0.39 is 0 Å². The van der Waals surface area contributed by atoms with E-state index in [1.54, 1.807) is 13.3 Å². The Morgan fingerprint density at radius 2 is 2.14 bits per heavy atom. The van der Waals surface area contributed by atoms with Gasteiger partial charge in [-0.2, -0.15) is 5.10 Å². The molecular formula is C15H18ClN3O2. The summed E-state index contributed by atoms with van der Waals surface area (Å²) in [4.78, 5) is 12.0. The first-order valence-corrected chi connectivity index (χ1v) is 7.04. The first-order chi connectivity index (χ1) is 10.1. The number of aryl methyl sites for hydroxylation is 1. The minimum atomic E-state index is -0.316. The number of benzene rings is 1. The third kappa shape index (κ3) is 3.83. The van der Waals surface area contributed by atoms with Crippen molar-refractivity contribution in [2.45, 2.75) is 20.0 Å². The van der Waals surface area contributed by atoms with Crippen LogP contribution in [0.25, 0.3) is 0 Å². The van der Waals surface area contributed by atoms with Crippen LogP contribution >= 0.6 is 11.6 Å². The Morgan fingerprint density at radius 1 is 1.38 bits per heavy atom. The van der Waals surface area contributed by atoms with E-state index in [2.05, 4.69) is 10.4 Å². The standard InChI is InChI=1S/C15H18ClN3O2/c1-11-5-3-4-6-12(11)9-17-13-10-18-19(7-8-21-2)15(20)14(13)16/h3-6,10,17H,7-9H2,1-2H3. The maximum Gasteiger partial charge on any atom is 0.287 e. The molecule has 0 unspecified atom stereocenters. The van der Waals surface area contributed by atoms with E-state index in [0.29, 0.717) is 25.4 Å². The molecule has 0 fully saturated rings. The van der Waals surface area contributed by atoms with Gasteiger partial charge in [0.1, 0.15) is 5.02 Å². The average Bonchev–Trinajstić information content (AvgIpc) is 2.49. The zero-order valence-corrected chi connectivity index (χ0v) is 12.9. The highest BCUT2D eigenvalue weighted by molar-refractivity contribution is 6.32. The second-order valence-corrected chi connectivity index (χ2v) is 5.05. The predicted molar refractivity (Wildman–Crippen MR) is 83.9 cm³/mol. The van der Waals surface area contributed by atoms with Crippen LogP contribution < -0.4 is 10.9 Å². The summed E-state index contributed by atoms with van der Waals surface area (Å²) >= 11 is 6.11. The molecule has 21 heavy (non-hydrogen) atoms. The molecule has 0 aliphatic rings. The van der Waals surface area contributed by atoms with Crippen LogP contribution in [0.2, 0.25) is 5.02 Å². The summed E-state index contributed by atoms with van der Waals surface area (Å²) < 4.78 is 6.23. The number of rotatable bonds is 6. The summed E-state index contributed by atoms with van der Waals surface area (Å²) in [5.74, 6) is 0. The van der Waals surface area contributed by atoms with Crippen molar-refractivity contribution in [1.29, 1.82) is 0 Å². The maximum atomic E-state index is 12.0. The molecule has 0 saturated heterocycles. The second-order valence-electron chi connectivity index (χ2n) is 4.67. The van der Waals surface area contributed by atoms with E-state index in [4.69, 9.17) is 16.3 Å². The van der Waals surface area contributed by atoms with Gasteiger partial charge in [-0.25, -0.2) is 4.68 Å². The summed E-state index contributed by atoms with van der Waals surface area (Å²) in [6.07, 6.45) is 1.57. The van der Waals surface area contributed by atoms with Crippen molar-refractivity contribution >= 4 is 17.3 Å². The van der Waals surface area contributed by atoms with Crippen LogP contribution in [0.15, 0.2) is 35.3 Å². The normalized spacial score (nSPS) is 10.6. The van der Waals surface area contributed by atoms with Gasteiger partial charge in [0.25, 0.3) is 5.56 Å². The number of anilines is 1. The van der Waals surface area contributed by atoms with Gasteiger partial charge < -0.3 is 10.1 Å². The van der Waals surface area contributed by atoms with Crippen molar-refractivity contribution in [3.63, 3.8) is 0 Å². The number of hydrogen-bond donors (Lipinski definition) is 1. The van der Waals surface area contributed by atoms with Crippen LogP contribution in [-0.2, 0) is 17.8 Å². The van der Waals surface area contributed by atoms with Gasteiger partial charge in [-0.1, -0.05) is 35.9 Å². The first kappa shape index (κ1) is 15.5. The highest BCUT2D eigenvalue weighted by Crippen LogP contribution is 2.17. The molecule has 0 atom stereocenters. The third-order valence-corrected chi connectivity index (χ3v) is 3.59. The lowest BCUT2D eigenvalue weighted by Gasteiger charge is -2.11. The zero-order valence-electron chi connectivity index (χ0n) is 12.1. The topological polar surface area (TPSA) is 56.1 Å². The third-order valence-electron chi connectivity index (χ3n) is 3.22. The average molecular weight is 308 g/mol. The summed E-state index contributed by atoms with van der Waals surface area (Å²) in [5, 5.41) is 7.39. The smallest absolute Gasteiger partial charge is 0.287 e. The number of nitrogens with one attached hydrogen (secondary N) is 1. The molecule has 6 heteroatoms. The fraction of sp³-hybridized carbons (Fsp3) is 0.333. The van der Waals surface area contributed by atoms with Gasteiger partial charge in [0.05, 0.1) is 25.0 Å². The number of halogens is 1. The molecule has 0 aliphatic carbocycles. The van der Waals surface area contributed by atoms with Crippen LogP contribution in [0, 0.1) is 6.92 Å². The Bertz CT molecular complexity index is 670. The fourth-order valence-corrected chi connectivity index (χ4v) is 2.14. The molecule has 2 aromatic rings. The number of methoxy groups -OCH3 is 1. The van der Waals surface area contributed by atoms with Crippen LogP contribution in [-0.4, -0.2) is 23.5 Å². The number of nitrogens with zero attached hydrogens (tertiary/aromatic N) is 2. The minimum Gasteiger partial charge on any atom is -0.383 e. The van der Waals surface area contributed by atoms with E-state index in [-0.39, 0.29) is 10.6 Å². The van der Waals surface area contributed by atoms with Gasteiger partial charge in [-0.05, 0) is 18.1 Å². The molecule has 2 rings (SSSR count). The quantitative estimate of drug-likeness (QED) is 0.890. The van der Waals surface area contributed by atoms with Crippen molar-refractivity contribution in [2.75, 3.05) is 19.0 Å². The molecule has 1 aromatic carbocycles. The summed E-state index contributed by atoms with van der Waals surface area (Å²) in [5.41, 5.74) is 2.56. The van der Waals surface area contributed by atoms with Crippen LogP contribution in [0.4, 0.5) is 5.69 Å². The molecule has 5 nitrogen and oxygen atoms in total. The van der Waals surface area contributed by atoms with E-state index in [0.717, 1.165) is 5.56 Å². The van der Waals surface area contributed by atoms with Crippen molar-refractivity contribution in [3.05, 3.63) is 57.0 Å². The van der Waals surface area contributed by atoms with E-state index in [9.17, 15) is 4.79 Å². The fourth-order valence-electron chi connectivity index (χ4n) is 1.92. The summed E-state index contributed by atoms with van der Waals surface area (Å²) in [6, 6.07) is 8.04. The summed E-state index contributed by atoms with van der Waals surface area (Å²) in [7, 11) is 1.57. The van der Waals surface area contributed by atoms with Crippen molar-refractivity contribution in [1.82, 2.24) is 9.78 Å². The molecule has 0 bridgehead atoms. The molecule has 0 spiro atoms.